The minimum Gasteiger partial charge on any atom is -0.461 e. The van der Waals surface area contributed by atoms with Crippen molar-refractivity contribution in [2.75, 3.05) is 12.0 Å². The average Bonchev–Trinajstić information content (AvgIpc) is 2.83. The molecule has 0 saturated heterocycles. The highest BCUT2D eigenvalue weighted by Crippen LogP contribution is 2.25. The van der Waals surface area contributed by atoms with E-state index in [1.807, 2.05) is 18.2 Å². The second kappa shape index (κ2) is 10.3. The number of esters is 1. The van der Waals surface area contributed by atoms with Crippen molar-refractivity contribution in [3.05, 3.63) is 94.2 Å². The minimum absolute atomic E-state index is 0.0244. The fourth-order valence-electron chi connectivity index (χ4n) is 3.04. The monoisotopic (exact) mass is 478 g/mol. The summed E-state index contributed by atoms with van der Waals surface area (Å²) in [6.45, 7) is 1.87. The quantitative estimate of drug-likeness (QED) is 0.107. The third-order valence-electron chi connectivity index (χ3n) is 4.55. The number of fused-ring (bicyclic) bond motifs is 1. The number of carbonyl (C=O) groups excluding carboxylic acids is 1. The number of carbonyl (C=O) groups is 1. The van der Waals surface area contributed by atoms with Crippen molar-refractivity contribution in [3.8, 4) is 5.69 Å². The molecule has 0 aliphatic heterocycles. The minimum atomic E-state index is -0.649. The van der Waals surface area contributed by atoms with E-state index in [9.17, 15) is 9.59 Å². The van der Waals surface area contributed by atoms with Crippen LogP contribution in [0.1, 0.15) is 6.92 Å². The number of aromatic nitrogens is 2. The first-order chi connectivity index (χ1) is 16.1. The molecule has 0 aliphatic carbocycles. The first-order valence-corrected chi connectivity index (χ1v) is 11.3. The second-order valence-electron chi connectivity index (χ2n) is 6.72. The standard InChI is InChI=1S/C24H19ClN4O3S/c1-2-32-23(31)21(28-27-20-15-9-7-13-18(20)25)33-24-26-19-14-8-6-12-17(19)22(30)29(24)16-10-4-3-5-11-16/h3-15,27H,2H2,1H3/b28-21-. The molecule has 3 aromatic carbocycles. The summed E-state index contributed by atoms with van der Waals surface area (Å²) in [6, 6.07) is 23.2. The van der Waals surface area contributed by atoms with Gasteiger partial charge in [0.25, 0.3) is 5.56 Å². The van der Waals surface area contributed by atoms with E-state index in [0.29, 0.717) is 27.3 Å². The largest absolute Gasteiger partial charge is 0.461 e. The van der Waals surface area contributed by atoms with E-state index >= 15 is 0 Å². The van der Waals surface area contributed by atoms with Gasteiger partial charge < -0.3 is 4.74 Å². The van der Waals surface area contributed by atoms with Crippen LogP contribution < -0.4 is 11.0 Å². The van der Waals surface area contributed by atoms with Gasteiger partial charge in [-0.25, -0.2) is 9.78 Å². The number of para-hydroxylation sites is 3. The van der Waals surface area contributed by atoms with Crippen LogP contribution in [-0.4, -0.2) is 27.2 Å². The van der Waals surface area contributed by atoms with Crippen molar-refractivity contribution < 1.29 is 9.53 Å². The van der Waals surface area contributed by atoms with Crippen LogP contribution in [0.5, 0.6) is 0 Å². The van der Waals surface area contributed by atoms with Crippen LogP contribution in [-0.2, 0) is 9.53 Å². The van der Waals surface area contributed by atoms with Crippen LogP contribution >= 0.6 is 23.4 Å². The van der Waals surface area contributed by atoms with Gasteiger partial charge in [-0.05, 0) is 55.1 Å². The Hall–Kier alpha value is -3.62. The van der Waals surface area contributed by atoms with Crippen LogP contribution in [0.3, 0.4) is 0 Å². The maximum Gasteiger partial charge on any atom is 0.365 e. The Morgan fingerprint density at radius 2 is 1.76 bits per heavy atom. The van der Waals surface area contributed by atoms with Gasteiger partial charge in [0, 0.05) is 0 Å². The SMILES string of the molecule is CCOC(=O)/C(=N/Nc1ccccc1Cl)Sc1nc2ccccc2c(=O)n1-c1ccccc1. The molecule has 0 fully saturated rings. The van der Waals surface area contributed by atoms with Gasteiger partial charge in [-0.2, -0.15) is 5.10 Å². The molecule has 0 saturated carbocycles. The lowest BCUT2D eigenvalue weighted by Crippen LogP contribution is -2.24. The van der Waals surface area contributed by atoms with E-state index in [1.54, 1.807) is 67.6 Å². The fraction of sp³-hybridized carbons (Fsp3) is 0.0833. The van der Waals surface area contributed by atoms with Crippen LogP contribution in [0, 0.1) is 0 Å². The highest BCUT2D eigenvalue weighted by molar-refractivity contribution is 8.15. The molecule has 0 atom stereocenters. The van der Waals surface area contributed by atoms with Crippen molar-refractivity contribution in [1.29, 1.82) is 0 Å². The number of hydrogen-bond acceptors (Lipinski definition) is 7. The molecule has 1 N–H and O–H groups in total. The third-order valence-corrected chi connectivity index (χ3v) is 5.79. The Labute approximate surface area is 199 Å². The highest BCUT2D eigenvalue weighted by atomic mass is 35.5. The van der Waals surface area contributed by atoms with Crippen LogP contribution in [0.25, 0.3) is 16.6 Å². The molecule has 0 radical (unpaired) electrons. The highest BCUT2D eigenvalue weighted by Gasteiger charge is 2.21. The lowest BCUT2D eigenvalue weighted by atomic mass is 10.2. The van der Waals surface area contributed by atoms with Gasteiger partial charge in [0.1, 0.15) is 0 Å². The zero-order valence-corrected chi connectivity index (χ0v) is 19.1. The van der Waals surface area contributed by atoms with Crippen molar-refractivity contribution in [3.63, 3.8) is 0 Å². The smallest absolute Gasteiger partial charge is 0.365 e. The summed E-state index contributed by atoms with van der Waals surface area (Å²) in [5.74, 6) is -0.649. The number of ether oxygens (including phenoxy) is 1. The molecule has 0 spiro atoms. The molecule has 9 heteroatoms. The number of nitrogens with one attached hydrogen (secondary N) is 1. The number of benzene rings is 3. The van der Waals surface area contributed by atoms with Gasteiger partial charge in [-0.1, -0.05) is 54.1 Å². The van der Waals surface area contributed by atoms with E-state index in [0.717, 1.165) is 11.8 Å². The maximum absolute atomic E-state index is 13.4. The van der Waals surface area contributed by atoms with Crippen LogP contribution in [0.4, 0.5) is 5.69 Å². The fourth-order valence-corrected chi connectivity index (χ4v) is 4.05. The summed E-state index contributed by atoms with van der Waals surface area (Å²) in [5, 5.41) is 5.39. The summed E-state index contributed by atoms with van der Waals surface area (Å²) in [6.07, 6.45) is 0. The first kappa shape index (κ1) is 22.6. The van der Waals surface area contributed by atoms with Gasteiger partial charge in [-0.15, -0.1) is 0 Å². The van der Waals surface area contributed by atoms with E-state index in [2.05, 4.69) is 15.5 Å². The van der Waals surface area contributed by atoms with Crippen molar-refractivity contribution in [1.82, 2.24) is 9.55 Å². The molecule has 0 amide bonds. The Balaban J connectivity index is 1.83. The van der Waals surface area contributed by atoms with Crippen molar-refractivity contribution in [2.45, 2.75) is 12.1 Å². The van der Waals surface area contributed by atoms with Crippen LogP contribution in [0.2, 0.25) is 5.02 Å². The van der Waals surface area contributed by atoms with Crippen LogP contribution in [0.15, 0.2) is 93.9 Å². The molecule has 7 nitrogen and oxygen atoms in total. The molecule has 4 rings (SSSR count). The maximum atomic E-state index is 13.4. The van der Waals surface area contributed by atoms with E-state index in [-0.39, 0.29) is 22.4 Å². The molecule has 33 heavy (non-hydrogen) atoms. The Morgan fingerprint density at radius 1 is 1.06 bits per heavy atom. The summed E-state index contributed by atoms with van der Waals surface area (Å²) in [4.78, 5) is 30.7. The molecular formula is C24H19ClN4O3S. The molecule has 166 valence electrons. The first-order valence-electron chi connectivity index (χ1n) is 10.1. The number of anilines is 1. The van der Waals surface area contributed by atoms with E-state index in [4.69, 9.17) is 16.3 Å². The predicted octanol–water partition coefficient (Wildman–Crippen LogP) is 5.12. The number of nitrogens with zero attached hydrogens (tertiary/aromatic N) is 3. The summed E-state index contributed by atoms with van der Waals surface area (Å²) in [7, 11) is 0. The Kier molecular flexibility index (Phi) is 7.07. The van der Waals surface area contributed by atoms with Gasteiger partial charge >= 0.3 is 5.97 Å². The average molecular weight is 479 g/mol. The molecular weight excluding hydrogens is 460 g/mol. The Bertz CT molecular complexity index is 1390. The number of hydrogen-bond donors (Lipinski definition) is 1. The zero-order chi connectivity index (χ0) is 23.2. The van der Waals surface area contributed by atoms with Gasteiger partial charge in [0.05, 0.1) is 33.9 Å². The predicted molar refractivity (Wildman–Crippen MR) is 132 cm³/mol. The summed E-state index contributed by atoms with van der Waals surface area (Å²) in [5.41, 5.74) is 4.20. The summed E-state index contributed by atoms with van der Waals surface area (Å²) >= 11 is 7.12. The summed E-state index contributed by atoms with van der Waals surface area (Å²) < 4.78 is 6.64. The Morgan fingerprint density at radius 3 is 2.52 bits per heavy atom. The molecule has 0 aliphatic rings. The molecule has 1 aromatic heterocycles. The number of thioether (sulfide) groups is 1. The lowest BCUT2D eigenvalue weighted by Gasteiger charge is -2.14. The van der Waals surface area contributed by atoms with Crippen molar-refractivity contribution >= 4 is 51.0 Å². The number of halogens is 1. The third kappa shape index (κ3) is 5.08. The normalized spacial score (nSPS) is 11.4. The number of rotatable bonds is 5. The zero-order valence-electron chi connectivity index (χ0n) is 17.6. The molecule has 4 aromatic rings. The van der Waals surface area contributed by atoms with Gasteiger partial charge in [0.15, 0.2) is 5.16 Å². The van der Waals surface area contributed by atoms with Crippen molar-refractivity contribution in [2.24, 2.45) is 5.10 Å². The second-order valence-corrected chi connectivity index (χ2v) is 8.08. The lowest BCUT2D eigenvalue weighted by molar-refractivity contribution is -0.134. The van der Waals surface area contributed by atoms with Gasteiger partial charge in [-0.3, -0.25) is 14.8 Å². The molecule has 1 heterocycles. The van der Waals surface area contributed by atoms with Gasteiger partial charge in [0.2, 0.25) is 5.04 Å². The topological polar surface area (TPSA) is 85.6 Å². The number of hydrazone groups is 1. The molecule has 0 unspecified atom stereocenters. The van der Waals surface area contributed by atoms with E-state index < -0.39 is 5.97 Å². The molecule has 0 bridgehead atoms. The van der Waals surface area contributed by atoms with E-state index in [1.165, 1.54) is 4.57 Å².